The van der Waals surface area contributed by atoms with E-state index in [4.69, 9.17) is 4.74 Å². The number of likely N-dealkylation sites (N-methyl/N-ethyl adjacent to an activating group) is 1. The van der Waals surface area contributed by atoms with Gasteiger partial charge in [0.25, 0.3) is 5.91 Å². The molecule has 1 fully saturated rings. The number of carbonyl (C=O) groups is 1. The lowest BCUT2D eigenvalue weighted by Gasteiger charge is -2.34. The molecule has 1 aromatic carbocycles. The number of ether oxygens (including phenoxy) is 1. The molecular formula is C14H18FNO3. The van der Waals surface area contributed by atoms with Gasteiger partial charge in [-0.25, -0.2) is 4.39 Å². The molecule has 5 heteroatoms. The summed E-state index contributed by atoms with van der Waals surface area (Å²) >= 11 is 0. The Morgan fingerprint density at radius 3 is 2.63 bits per heavy atom. The van der Waals surface area contributed by atoms with E-state index in [1.807, 2.05) is 0 Å². The Balaban J connectivity index is 1.72. The molecular weight excluding hydrogens is 249 g/mol. The second kappa shape index (κ2) is 6.02. The van der Waals surface area contributed by atoms with Gasteiger partial charge in [0, 0.05) is 13.6 Å². The molecule has 0 aromatic heterocycles. The minimum Gasteiger partial charge on any atom is -0.484 e. The third-order valence-corrected chi connectivity index (χ3v) is 3.34. The SMILES string of the molecule is CN(CC1CC(O)C1)C(=O)COc1ccc(F)cc1. The van der Waals surface area contributed by atoms with Gasteiger partial charge in [-0.2, -0.15) is 0 Å². The second-order valence-electron chi connectivity index (χ2n) is 5.01. The molecule has 2 rings (SSSR count). The molecule has 0 radical (unpaired) electrons. The van der Waals surface area contributed by atoms with Crippen LogP contribution >= 0.6 is 0 Å². The molecule has 4 nitrogen and oxygen atoms in total. The monoisotopic (exact) mass is 267 g/mol. The van der Waals surface area contributed by atoms with Gasteiger partial charge in [-0.15, -0.1) is 0 Å². The number of nitrogens with zero attached hydrogens (tertiary/aromatic N) is 1. The van der Waals surface area contributed by atoms with E-state index in [-0.39, 0.29) is 24.4 Å². The Kier molecular flexibility index (Phi) is 4.37. The highest BCUT2D eigenvalue weighted by Crippen LogP contribution is 2.27. The fourth-order valence-electron chi connectivity index (χ4n) is 2.12. The van der Waals surface area contributed by atoms with E-state index in [0.717, 1.165) is 12.8 Å². The zero-order valence-corrected chi connectivity index (χ0v) is 10.9. The first-order chi connectivity index (χ1) is 9.04. The van der Waals surface area contributed by atoms with Gasteiger partial charge in [0.15, 0.2) is 6.61 Å². The van der Waals surface area contributed by atoms with Crippen LogP contribution in [0.25, 0.3) is 0 Å². The summed E-state index contributed by atoms with van der Waals surface area (Å²) in [5.41, 5.74) is 0. The predicted molar refractivity (Wildman–Crippen MR) is 68.3 cm³/mol. The van der Waals surface area contributed by atoms with E-state index in [2.05, 4.69) is 0 Å². The second-order valence-corrected chi connectivity index (χ2v) is 5.01. The van der Waals surface area contributed by atoms with E-state index in [9.17, 15) is 14.3 Å². The third-order valence-electron chi connectivity index (χ3n) is 3.34. The average molecular weight is 267 g/mol. The molecule has 1 aromatic rings. The largest absolute Gasteiger partial charge is 0.484 e. The summed E-state index contributed by atoms with van der Waals surface area (Å²) in [6.07, 6.45) is 1.32. The van der Waals surface area contributed by atoms with Gasteiger partial charge in [-0.05, 0) is 43.0 Å². The zero-order valence-electron chi connectivity index (χ0n) is 10.9. The molecule has 0 unspecified atom stereocenters. The van der Waals surface area contributed by atoms with Crippen LogP contribution in [0.5, 0.6) is 5.75 Å². The summed E-state index contributed by atoms with van der Waals surface area (Å²) in [4.78, 5) is 13.4. The van der Waals surface area contributed by atoms with Crippen LogP contribution in [0.3, 0.4) is 0 Å². The predicted octanol–water partition coefficient (Wildman–Crippen LogP) is 1.43. The van der Waals surface area contributed by atoms with Gasteiger partial charge in [0.1, 0.15) is 11.6 Å². The van der Waals surface area contributed by atoms with E-state index in [1.165, 1.54) is 24.3 Å². The summed E-state index contributed by atoms with van der Waals surface area (Å²) in [5.74, 6) is 0.405. The highest BCUT2D eigenvalue weighted by Gasteiger charge is 2.29. The number of aliphatic hydroxyl groups excluding tert-OH is 1. The van der Waals surface area contributed by atoms with Crippen LogP contribution in [0.2, 0.25) is 0 Å². The maximum atomic E-state index is 12.7. The number of aliphatic hydroxyl groups is 1. The lowest BCUT2D eigenvalue weighted by atomic mass is 9.82. The summed E-state index contributed by atoms with van der Waals surface area (Å²) in [7, 11) is 1.72. The molecule has 0 atom stereocenters. The summed E-state index contributed by atoms with van der Waals surface area (Å²) < 4.78 is 18.0. The van der Waals surface area contributed by atoms with Crippen LogP contribution in [0.4, 0.5) is 4.39 Å². The Morgan fingerprint density at radius 2 is 2.05 bits per heavy atom. The Morgan fingerprint density at radius 1 is 1.42 bits per heavy atom. The molecule has 1 saturated carbocycles. The highest BCUT2D eigenvalue weighted by atomic mass is 19.1. The van der Waals surface area contributed by atoms with Gasteiger partial charge in [0.05, 0.1) is 6.10 Å². The van der Waals surface area contributed by atoms with Gasteiger partial charge in [0.2, 0.25) is 0 Å². The number of benzene rings is 1. The molecule has 1 amide bonds. The minimum absolute atomic E-state index is 0.0581. The van der Waals surface area contributed by atoms with Gasteiger partial charge in [-0.1, -0.05) is 0 Å². The maximum absolute atomic E-state index is 12.7. The van der Waals surface area contributed by atoms with Crippen molar-refractivity contribution in [3.8, 4) is 5.75 Å². The Hall–Kier alpha value is -1.62. The Bertz CT molecular complexity index is 429. The number of halogens is 1. The van der Waals surface area contributed by atoms with Crippen molar-refractivity contribution in [2.24, 2.45) is 5.92 Å². The van der Waals surface area contributed by atoms with Crippen molar-refractivity contribution in [3.63, 3.8) is 0 Å². The van der Waals surface area contributed by atoms with Gasteiger partial charge < -0.3 is 14.7 Å². The number of rotatable bonds is 5. The van der Waals surface area contributed by atoms with Crippen molar-refractivity contribution in [2.45, 2.75) is 18.9 Å². The van der Waals surface area contributed by atoms with Crippen LogP contribution in [0.15, 0.2) is 24.3 Å². The smallest absolute Gasteiger partial charge is 0.260 e. The lowest BCUT2D eigenvalue weighted by molar-refractivity contribution is -0.133. The summed E-state index contributed by atoms with van der Waals surface area (Å²) in [6, 6.07) is 5.56. The van der Waals surface area contributed by atoms with E-state index in [1.54, 1.807) is 11.9 Å². The third kappa shape index (κ3) is 3.92. The van der Waals surface area contributed by atoms with Crippen molar-refractivity contribution in [1.82, 2.24) is 4.90 Å². The van der Waals surface area contributed by atoms with Crippen molar-refractivity contribution in [3.05, 3.63) is 30.1 Å². The molecule has 0 heterocycles. The first kappa shape index (κ1) is 13.8. The molecule has 1 N–H and O–H groups in total. The summed E-state index contributed by atoms with van der Waals surface area (Å²) in [6.45, 7) is 0.583. The first-order valence-corrected chi connectivity index (χ1v) is 6.35. The van der Waals surface area contributed by atoms with Crippen LogP contribution in [0.1, 0.15) is 12.8 Å². The highest BCUT2D eigenvalue weighted by molar-refractivity contribution is 5.77. The van der Waals surface area contributed by atoms with Crippen molar-refractivity contribution < 1.29 is 19.0 Å². The molecule has 0 bridgehead atoms. The van der Waals surface area contributed by atoms with Crippen LogP contribution < -0.4 is 4.74 Å². The van der Waals surface area contributed by atoms with Crippen molar-refractivity contribution in [1.29, 1.82) is 0 Å². The molecule has 0 aliphatic heterocycles. The van der Waals surface area contributed by atoms with Crippen molar-refractivity contribution in [2.75, 3.05) is 20.2 Å². The number of carbonyl (C=O) groups excluding carboxylic acids is 1. The zero-order chi connectivity index (χ0) is 13.8. The lowest BCUT2D eigenvalue weighted by Crippen LogP contribution is -2.41. The van der Waals surface area contributed by atoms with Crippen molar-refractivity contribution >= 4 is 5.91 Å². The van der Waals surface area contributed by atoms with E-state index >= 15 is 0 Å². The Labute approximate surface area is 111 Å². The summed E-state index contributed by atoms with van der Waals surface area (Å²) in [5, 5.41) is 9.19. The molecule has 1 aliphatic rings. The minimum atomic E-state index is -0.334. The number of hydrogen-bond acceptors (Lipinski definition) is 3. The maximum Gasteiger partial charge on any atom is 0.260 e. The van der Waals surface area contributed by atoms with Gasteiger partial charge in [-0.3, -0.25) is 4.79 Å². The molecule has 1 aliphatic carbocycles. The fourth-order valence-corrected chi connectivity index (χ4v) is 2.12. The number of amides is 1. The standard InChI is InChI=1S/C14H18FNO3/c1-16(8-10-6-12(17)7-10)14(18)9-19-13-4-2-11(15)3-5-13/h2-5,10,12,17H,6-9H2,1H3. The molecule has 19 heavy (non-hydrogen) atoms. The first-order valence-electron chi connectivity index (χ1n) is 6.35. The number of hydrogen-bond donors (Lipinski definition) is 1. The molecule has 0 spiro atoms. The van der Waals surface area contributed by atoms with E-state index < -0.39 is 0 Å². The average Bonchev–Trinajstić information content (AvgIpc) is 2.35. The van der Waals surface area contributed by atoms with Crippen LogP contribution in [0, 0.1) is 11.7 Å². The topological polar surface area (TPSA) is 49.8 Å². The fraction of sp³-hybridized carbons (Fsp3) is 0.500. The molecule has 104 valence electrons. The van der Waals surface area contributed by atoms with Crippen LogP contribution in [-0.2, 0) is 4.79 Å². The normalized spacial score (nSPS) is 21.6. The van der Waals surface area contributed by atoms with Gasteiger partial charge >= 0.3 is 0 Å². The quantitative estimate of drug-likeness (QED) is 0.878. The molecule has 0 saturated heterocycles. The van der Waals surface area contributed by atoms with Crippen LogP contribution in [-0.4, -0.2) is 42.2 Å². The van der Waals surface area contributed by atoms with E-state index in [0.29, 0.717) is 18.2 Å².